The van der Waals surface area contributed by atoms with Gasteiger partial charge in [0.2, 0.25) is 0 Å². The third kappa shape index (κ3) is 1.60. The van der Waals surface area contributed by atoms with Crippen LogP contribution >= 0.6 is 0 Å². The van der Waals surface area contributed by atoms with Crippen LogP contribution in [-0.2, 0) is 0 Å². The Hall–Kier alpha value is -0.851. The molecule has 0 aliphatic rings. The first-order chi connectivity index (χ1) is 6.16. The van der Waals surface area contributed by atoms with Gasteiger partial charge >= 0.3 is 82.8 Å². The summed E-state index contributed by atoms with van der Waals surface area (Å²) in [7, 11) is 0. The first-order valence-corrected chi connectivity index (χ1v) is 5.89. The third-order valence-electron chi connectivity index (χ3n) is 2.02. The van der Waals surface area contributed by atoms with Crippen LogP contribution in [0.15, 0.2) is 24.3 Å². The van der Waals surface area contributed by atoms with Crippen LogP contribution in [0.5, 0.6) is 0 Å². The Morgan fingerprint density at radius 3 is 2.77 bits per heavy atom. The summed E-state index contributed by atoms with van der Waals surface area (Å²) in [5.41, 5.74) is 1.26. The van der Waals surface area contributed by atoms with Gasteiger partial charge in [-0.05, 0) is 0 Å². The van der Waals surface area contributed by atoms with Crippen molar-refractivity contribution < 1.29 is 4.79 Å². The molecule has 1 nitrogen and oxygen atoms in total. The van der Waals surface area contributed by atoms with Gasteiger partial charge in [0.05, 0.1) is 0 Å². The van der Waals surface area contributed by atoms with Crippen LogP contribution in [0.25, 0.3) is 9.65 Å². The first kappa shape index (κ1) is 8.73. The van der Waals surface area contributed by atoms with Crippen molar-refractivity contribution in [2.45, 2.75) is 13.8 Å². The second kappa shape index (κ2) is 3.13. The predicted octanol–water partition coefficient (Wildman–Crippen LogP) is 2.41. The van der Waals surface area contributed by atoms with Crippen molar-refractivity contribution in [2.24, 2.45) is 0 Å². The molecule has 0 fully saturated rings. The minimum absolute atomic E-state index is 0.217. The number of Topliss-reactive ketones (excluding diaryl/α,β-unsaturated/α-hetero) is 1. The van der Waals surface area contributed by atoms with Crippen molar-refractivity contribution in [3.63, 3.8) is 0 Å². The molecule has 13 heavy (non-hydrogen) atoms. The standard InChI is InChI=1S/C11H10OSe/c1-7-3-4-10-9(5-7)6-11(13-10)8(2)12/h3-6H,1-2H3. The van der Waals surface area contributed by atoms with E-state index in [9.17, 15) is 4.79 Å². The van der Waals surface area contributed by atoms with Gasteiger partial charge in [-0.15, -0.1) is 0 Å². The molecule has 0 unspecified atom stereocenters. The molecule has 0 saturated heterocycles. The SMILES string of the molecule is CC(=O)c1cc2cc(C)ccc2[se]1. The van der Waals surface area contributed by atoms with E-state index < -0.39 is 0 Å². The van der Waals surface area contributed by atoms with E-state index in [1.54, 1.807) is 6.92 Å². The zero-order chi connectivity index (χ0) is 9.42. The second-order valence-corrected chi connectivity index (χ2v) is 5.48. The van der Waals surface area contributed by atoms with Gasteiger partial charge in [-0.1, -0.05) is 0 Å². The Kier molecular flexibility index (Phi) is 2.10. The van der Waals surface area contributed by atoms with E-state index in [2.05, 4.69) is 25.1 Å². The van der Waals surface area contributed by atoms with Gasteiger partial charge < -0.3 is 0 Å². The fraction of sp³-hybridized carbons (Fsp3) is 0.182. The van der Waals surface area contributed by atoms with E-state index in [1.165, 1.54) is 15.2 Å². The molecule has 0 radical (unpaired) electrons. The molecular weight excluding hydrogens is 227 g/mol. The van der Waals surface area contributed by atoms with Crippen molar-refractivity contribution in [1.82, 2.24) is 0 Å². The van der Waals surface area contributed by atoms with Crippen molar-refractivity contribution in [3.8, 4) is 0 Å². The van der Waals surface area contributed by atoms with Gasteiger partial charge in [0.25, 0.3) is 0 Å². The summed E-state index contributed by atoms with van der Waals surface area (Å²) in [4.78, 5) is 11.1. The van der Waals surface area contributed by atoms with Gasteiger partial charge in [0.1, 0.15) is 0 Å². The van der Waals surface area contributed by atoms with E-state index in [-0.39, 0.29) is 20.3 Å². The fourth-order valence-corrected chi connectivity index (χ4v) is 3.30. The molecule has 2 heteroatoms. The number of aryl methyl sites for hydroxylation is 1. The van der Waals surface area contributed by atoms with Crippen molar-refractivity contribution in [3.05, 3.63) is 34.3 Å². The Morgan fingerprint density at radius 1 is 1.31 bits per heavy atom. The molecule has 66 valence electrons. The van der Waals surface area contributed by atoms with Crippen LogP contribution < -0.4 is 0 Å². The average Bonchev–Trinajstić information content (AvgIpc) is 2.46. The molecule has 0 saturated carbocycles. The van der Waals surface area contributed by atoms with Crippen molar-refractivity contribution in [2.75, 3.05) is 0 Å². The van der Waals surface area contributed by atoms with Gasteiger partial charge in [0, 0.05) is 0 Å². The number of benzene rings is 1. The van der Waals surface area contributed by atoms with Gasteiger partial charge in [-0.2, -0.15) is 0 Å². The molecule has 0 amide bonds. The molecule has 0 N–H and O–H groups in total. The summed E-state index contributed by atoms with van der Waals surface area (Å²) in [6, 6.07) is 8.42. The summed E-state index contributed by atoms with van der Waals surface area (Å²) in [6.45, 7) is 3.72. The van der Waals surface area contributed by atoms with Crippen LogP contribution in [0.2, 0.25) is 0 Å². The topological polar surface area (TPSA) is 17.1 Å². The molecule has 0 spiro atoms. The molecule has 1 aromatic heterocycles. The zero-order valence-electron chi connectivity index (χ0n) is 7.63. The van der Waals surface area contributed by atoms with Crippen LogP contribution in [0.1, 0.15) is 21.7 Å². The molecule has 1 heterocycles. The summed E-state index contributed by atoms with van der Waals surface area (Å²) >= 11 is 0.245. The zero-order valence-corrected chi connectivity index (χ0v) is 9.34. The van der Waals surface area contributed by atoms with Crippen LogP contribution in [-0.4, -0.2) is 20.3 Å². The monoisotopic (exact) mass is 238 g/mol. The normalized spacial score (nSPS) is 10.6. The summed E-state index contributed by atoms with van der Waals surface area (Å²) in [6.07, 6.45) is 0. The number of ketones is 1. The van der Waals surface area contributed by atoms with Crippen molar-refractivity contribution in [1.29, 1.82) is 0 Å². The molecule has 0 bridgehead atoms. The number of carbonyl (C=O) groups excluding carboxylic acids is 1. The minimum atomic E-state index is 0.217. The fourth-order valence-electron chi connectivity index (χ4n) is 1.34. The molecule has 0 aliphatic heterocycles. The van der Waals surface area contributed by atoms with Crippen LogP contribution in [0.4, 0.5) is 0 Å². The summed E-state index contributed by atoms with van der Waals surface area (Å²) in [5.74, 6) is 0.217. The number of hydrogen-bond donors (Lipinski definition) is 0. The number of rotatable bonds is 1. The van der Waals surface area contributed by atoms with E-state index in [4.69, 9.17) is 0 Å². The molecule has 1 aromatic carbocycles. The van der Waals surface area contributed by atoms with Gasteiger partial charge in [-0.25, -0.2) is 0 Å². The second-order valence-electron chi connectivity index (χ2n) is 3.21. The van der Waals surface area contributed by atoms with E-state index in [1.807, 2.05) is 6.07 Å². The molecule has 0 atom stereocenters. The molecule has 2 rings (SSSR count). The van der Waals surface area contributed by atoms with Crippen LogP contribution in [0.3, 0.4) is 0 Å². The number of fused-ring (bicyclic) bond motifs is 1. The maximum atomic E-state index is 11.1. The van der Waals surface area contributed by atoms with E-state index in [0.717, 1.165) is 4.44 Å². The Balaban J connectivity index is 2.68. The maximum absolute atomic E-state index is 11.1. The van der Waals surface area contributed by atoms with E-state index >= 15 is 0 Å². The Labute approximate surface area is 83.1 Å². The Morgan fingerprint density at radius 2 is 2.08 bits per heavy atom. The number of carbonyl (C=O) groups is 1. The van der Waals surface area contributed by atoms with Crippen molar-refractivity contribution >= 4 is 29.9 Å². The first-order valence-electron chi connectivity index (χ1n) is 4.18. The number of hydrogen-bond acceptors (Lipinski definition) is 1. The average molecular weight is 237 g/mol. The van der Waals surface area contributed by atoms with Crippen LogP contribution in [0, 0.1) is 6.92 Å². The molecule has 0 aliphatic carbocycles. The third-order valence-corrected chi connectivity index (χ3v) is 4.57. The molecular formula is C11H10OSe. The Bertz CT molecular complexity index is 468. The van der Waals surface area contributed by atoms with E-state index in [0.29, 0.717) is 0 Å². The summed E-state index contributed by atoms with van der Waals surface area (Å²) in [5, 5.41) is 1.24. The summed E-state index contributed by atoms with van der Waals surface area (Å²) < 4.78 is 2.33. The van der Waals surface area contributed by atoms with Gasteiger partial charge in [0.15, 0.2) is 0 Å². The quantitative estimate of drug-likeness (QED) is 0.549. The molecule has 2 aromatic rings. The van der Waals surface area contributed by atoms with Gasteiger partial charge in [-0.3, -0.25) is 0 Å². The predicted molar refractivity (Wildman–Crippen MR) is 55.6 cm³/mol.